The van der Waals surface area contributed by atoms with Crippen LogP contribution in [0.4, 0.5) is 0 Å². The van der Waals surface area contributed by atoms with Crippen molar-refractivity contribution in [2.24, 2.45) is 0 Å². The van der Waals surface area contributed by atoms with E-state index in [-0.39, 0.29) is 6.42 Å². The van der Waals surface area contributed by atoms with Gasteiger partial charge in [0.15, 0.2) is 0 Å². The van der Waals surface area contributed by atoms with Crippen molar-refractivity contribution in [1.29, 1.82) is 0 Å². The van der Waals surface area contributed by atoms with Crippen LogP contribution >= 0.6 is 0 Å². The maximum atomic E-state index is 10.8. The quantitative estimate of drug-likeness (QED) is 0.570. The van der Waals surface area contributed by atoms with Crippen molar-refractivity contribution in [2.45, 2.75) is 46.0 Å². The topological polar surface area (TPSA) is 49.8 Å². The van der Waals surface area contributed by atoms with Gasteiger partial charge in [-0.15, -0.1) is 0 Å². The van der Waals surface area contributed by atoms with Crippen LogP contribution in [0.1, 0.15) is 39.8 Å². The van der Waals surface area contributed by atoms with Crippen LogP contribution in [0, 0.1) is 6.92 Å². The number of nitrogens with zero attached hydrogens (tertiary/aromatic N) is 1. The van der Waals surface area contributed by atoms with Crippen LogP contribution in [0.25, 0.3) is 0 Å². The molecule has 154 valence electrons. The summed E-state index contributed by atoms with van der Waals surface area (Å²) in [4.78, 5) is 13.2. The molecule has 0 fully saturated rings. The van der Waals surface area contributed by atoms with E-state index in [1.165, 1.54) is 16.7 Å². The summed E-state index contributed by atoms with van der Waals surface area (Å²) >= 11 is 0. The van der Waals surface area contributed by atoms with E-state index in [1.807, 2.05) is 25.1 Å². The van der Waals surface area contributed by atoms with Gasteiger partial charge in [-0.1, -0.05) is 54.6 Å². The molecule has 0 bridgehead atoms. The third-order valence-electron chi connectivity index (χ3n) is 5.66. The molecule has 0 atom stereocenters. The summed E-state index contributed by atoms with van der Waals surface area (Å²) in [5.41, 5.74) is 7.44. The van der Waals surface area contributed by atoms with Gasteiger partial charge in [-0.25, -0.2) is 0 Å². The second-order valence-corrected chi connectivity index (χ2v) is 8.00. The second kappa shape index (κ2) is 9.14. The van der Waals surface area contributed by atoms with E-state index >= 15 is 0 Å². The Morgan fingerprint density at radius 3 is 2.27 bits per heavy atom. The summed E-state index contributed by atoms with van der Waals surface area (Å²) in [7, 11) is 0. The van der Waals surface area contributed by atoms with E-state index < -0.39 is 5.97 Å². The fourth-order valence-corrected chi connectivity index (χ4v) is 3.96. The Bertz CT molecular complexity index is 1000. The molecular weight excluding hydrogens is 374 g/mol. The van der Waals surface area contributed by atoms with Gasteiger partial charge in [0.1, 0.15) is 12.4 Å². The Hall–Kier alpha value is -3.11. The van der Waals surface area contributed by atoms with Crippen molar-refractivity contribution in [3.63, 3.8) is 0 Å². The first-order valence-electron chi connectivity index (χ1n) is 10.4. The predicted molar refractivity (Wildman–Crippen MR) is 117 cm³/mol. The monoisotopic (exact) mass is 401 g/mol. The second-order valence-electron chi connectivity index (χ2n) is 8.00. The lowest BCUT2D eigenvalue weighted by atomic mass is 10.0. The number of benzene rings is 3. The Morgan fingerprint density at radius 2 is 1.63 bits per heavy atom. The first-order valence-corrected chi connectivity index (χ1v) is 10.4. The molecule has 0 saturated carbocycles. The van der Waals surface area contributed by atoms with Gasteiger partial charge in [0, 0.05) is 26.1 Å². The molecule has 0 radical (unpaired) electrons. The van der Waals surface area contributed by atoms with E-state index in [0.717, 1.165) is 42.1 Å². The van der Waals surface area contributed by atoms with Crippen LogP contribution in [0.15, 0.2) is 66.7 Å². The molecule has 0 aromatic heterocycles. The number of ether oxygens (including phenoxy) is 1. The summed E-state index contributed by atoms with van der Waals surface area (Å²) in [6.45, 7) is 5.50. The highest BCUT2D eigenvalue weighted by Crippen LogP contribution is 2.24. The summed E-state index contributed by atoms with van der Waals surface area (Å²) in [6, 6.07) is 23.2. The molecule has 1 N–H and O–H groups in total. The van der Waals surface area contributed by atoms with Gasteiger partial charge in [0.2, 0.25) is 0 Å². The maximum Gasteiger partial charge on any atom is 0.303 e. The zero-order valence-corrected chi connectivity index (χ0v) is 17.3. The van der Waals surface area contributed by atoms with Crippen molar-refractivity contribution in [3.8, 4) is 5.75 Å². The lowest BCUT2D eigenvalue weighted by molar-refractivity contribution is -0.136. The summed E-state index contributed by atoms with van der Waals surface area (Å²) < 4.78 is 5.94. The molecule has 3 aromatic rings. The highest BCUT2D eigenvalue weighted by atomic mass is 16.5. The van der Waals surface area contributed by atoms with Crippen LogP contribution in [0.3, 0.4) is 0 Å². The van der Waals surface area contributed by atoms with Gasteiger partial charge in [-0.3, -0.25) is 9.69 Å². The predicted octanol–water partition coefficient (Wildman–Crippen LogP) is 5.11. The molecule has 3 aromatic carbocycles. The Morgan fingerprint density at radius 1 is 0.967 bits per heavy atom. The number of carboxylic acids is 1. The van der Waals surface area contributed by atoms with Gasteiger partial charge in [-0.2, -0.15) is 0 Å². The van der Waals surface area contributed by atoms with E-state index in [2.05, 4.69) is 53.4 Å². The lowest BCUT2D eigenvalue weighted by Crippen LogP contribution is -2.15. The van der Waals surface area contributed by atoms with E-state index in [1.54, 1.807) is 0 Å². The molecule has 0 unspecified atom stereocenters. The van der Waals surface area contributed by atoms with E-state index in [0.29, 0.717) is 13.0 Å². The zero-order chi connectivity index (χ0) is 20.9. The van der Waals surface area contributed by atoms with Crippen molar-refractivity contribution in [1.82, 2.24) is 4.90 Å². The lowest BCUT2D eigenvalue weighted by Gasteiger charge is -2.15. The van der Waals surface area contributed by atoms with E-state index in [9.17, 15) is 4.79 Å². The number of carbonyl (C=O) groups is 1. The molecule has 0 spiro atoms. The summed E-state index contributed by atoms with van der Waals surface area (Å²) in [5.74, 6) is 0.0397. The van der Waals surface area contributed by atoms with Crippen LogP contribution in [-0.2, 0) is 37.5 Å². The molecule has 4 nitrogen and oxygen atoms in total. The largest absolute Gasteiger partial charge is 0.489 e. The Balaban J connectivity index is 1.29. The molecule has 1 aliphatic rings. The van der Waals surface area contributed by atoms with Crippen molar-refractivity contribution in [2.75, 3.05) is 0 Å². The van der Waals surface area contributed by atoms with Crippen LogP contribution in [0.2, 0.25) is 0 Å². The third-order valence-corrected chi connectivity index (χ3v) is 5.66. The average molecular weight is 402 g/mol. The minimum absolute atomic E-state index is 0.150. The molecule has 30 heavy (non-hydrogen) atoms. The number of carboxylic acid groups (broad SMARTS) is 1. The number of hydrogen-bond donors (Lipinski definition) is 1. The molecule has 0 saturated heterocycles. The first kappa shape index (κ1) is 20.2. The zero-order valence-electron chi connectivity index (χ0n) is 17.3. The SMILES string of the molecule is Cc1cc(OCc2ccc(CN3Cc4ccccc4C3)cc2)ccc1CCC(=O)O. The van der Waals surface area contributed by atoms with Gasteiger partial charge >= 0.3 is 5.97 Å². The van der Waals surface area contributed by atoms with Gasteiger partial charge < -0.3 is 9.84 Å². The van der Waals surface area contributed by atoms with Gasteiger partial charge in [0.25, 0.3) is 0 Å². The molecule has 0 aliphatic carbocycles. The number of rotatable bonds is 8. The summed E-state index contributed by atoms with van der Waals surface area (Å²) in [5, 5.41) is 8.84. The van der Waals surface area contributed by atoms with Crippen molar-refractivity contribution in [3.05, 3.63) is 100 Å². The molecular formula is C26H27NO3. The highest BCUT2D eigenvalue weighted by Gasteiger charge is 2.17. The number of aliphatic carboxylic acids is 1. The molecule has 4 heteroatoms. The first-order chi connectivity index (χ1) is 14.6. The van der Waals surface area contributed by atoms with E-state index in [4.69, 9.17) is 9.84 Å². The van der Waals surface area contributed by atoms with Crippen molar-refractivity contribution < 1.29 is 14.6 Å². The van der Waals surface area contributed by atoms with Crippen LogP contribution in [-0.4, -0.2) is 16.0 Å². The number of hydrogen-bond acceptors (Lipinski definition) is 3. The minimum atomic E-state index is -0.771. The molecule has 1 heterocycles. The van der Waals surface area contributed by atoms with Gasteiger partial charge in [0.05, 0.1) is 0 Å². The third kappa shape index (κ3) is 5.08. The minimum Gasteiger partial charge on any atom is -0.489 e. The Kier molecular flexibility index (Phi) is 6.15. The number of aryl methyl sites for hydroxylation is 2. The van der Waals surface area contributed by atoms with Crippen molar-refractivity contribution >= 4 is 5.97 Å². The highest BCUT2D eigenvalue weighted by molar-refractivity contribution is 5.67. The molecule has 1 aliphatic heterocycles. The van der Waals surface area contributed by atoms with Crippen LogP contribution < -0.4 is 4.74 Å². The van der Waals surface area contributed by atoms with Crippen LogP contribution in [0.5, 0.6) is 5.75 Å². The van der Waals surface area contributed by atoms with Gasteiger partial charge in [-0.05, 0) is 58.9 Å². The standard InChI is InChI=1S/C26H27NO3/c1-19-14-25(12-10-22(19)11-13-26(28)29)30-18-21-8-6-20(7-9-21)15-27-16-23-4-2-3-5-24(23)17-27/h2-10,12,14H,11,13,15-18H2,1H3,(H,28,29). The molecule has 0 amide bonds. The molecule has 4 rings (SSSR count). The maximum absolute atomic E-state index is 10.8. The fraction of sp³-hybridized carbons (Fsp3) is 0.269. The summed E-state index contributed by atoms with van der Waals surface area (Å²) in [6.07, 6.45) is 0.696. The normalized spacial score (nSPS) is 13.2. The average Bonchev–Trinajstić information content (AvgIpc) is 3.15. The number of fused-ring (bicyclic) bond motifs is 1. The smallest absolute Gasteiger partial charge is 0.303 e. The fourth-order valence-electron chi connectivity index (χ4n) is 3.96. The Labute approximate surface area is 177 Å².